The lowest BCUT2D eigenvalue weighted by molar-refractivity contribution is -0.141. The van der Waals surface area contributed by atoms with Gasteiger partial charge in [0.1, 0.15) is 5.82 Å². The van der Waals surface area contributed by atoms with Gasteiger partial charge in [-0.2, -0.15) is 0 Å². The topological polar surface area (TPSA) is 55.0 Å². The summed E-state index contributed by atoms with van der Waals surface area (Å²) >= 11 is 3.42. The molecule has 5 heteroatoms. The summed E-state index contributed by atoms with van der Waals surface area (Å²) in [6.07, 6.45) is 1.56. The lowest BCUT2D eigenvalue weighted by Crippen LogP contribution is -2.02. The number of rotatable bonds is 4. The van der Waals surface area contributed by atoms with Gasteiger partial charge in [-0.15, -0.1) is 0 Å². The van der Waals surface area contributed by atoms with Crippen LogP contribution in [0.25, 0.3) is 11.0 Å². The van der Waals surface area contributed by atoms with Crippen molar-refractivity contribution in [2.24, 2.45) is 0 Å². The number of carbonyl (C=O) groups is 1. The fraction of sp³-hybridized carbons (Fsp3) is 0.333. The molecule has 0 saturated heterocycles. The molecule has 0 spiro atoms. The number of hydrogen-bond donors (Lipinski definition) is 1. The van der Waals surface area contributed by atoms with E-state index in [2.05, 4.69) is 25.9 Å². The number of aromatic nitrogens is 2. The van der Waals surface area contributed by atoms with E-state index in [1.165, 1.54) is 6.92 Å². The maximum Gasteiger partial charge on any atom is 0.302 e. The molecule has 1 aromatic carbocycles. The fourth-order valence-corrected chi connectivity index (χ4v) is 1.97. The summed E-state index contributed by atoms with van der Waals surface area (Å²) in [6.45, 7) is 1.86. The second-order valence-corrected chi connectivity index (χ2v) is 4.70. The van der Waals surface area contributed by atoms with E-state index in [4.69, 9.17) is 4.74 Å². The molecule has 0 radical (unpaired) electrons. The van der Waals surface area contributed by atoms with Gasteiger partial charge >= 0.3 is 5.97 Å². The van der Waals surface area contributed by atoms with Crippen molar-refractivity contribution in [1.29, 1.82) is 0 Å². The average molecular weight is 297 g/mol. The number of nitrogens with one attached hydrogen (secondary N) is 1. The highest BCUT2D eigenvalue weighted by atomic mass is 79.9. The minimum Gasteiger partial charge on any atom is -0.466 e. The van der Waals surface area contributed by atoms with Crippen LogP contribution >= 0.6 is 15.9 Å². The first-order valence-electron chi connectivity index (χ1n) is 5.42. The summed E-state index contributed by atoms with van der Waals surface area (Å²) in [4.78, 5) is 18.3. The molecular weight excluding hydrogens is 284 g/mol. The van der Waals surface area contributed by atoms with Gasteiger partial charge in [0.2, 0.25) is 0 Å². The molecule has 0 saturated carbocycles. The molecule has 0 aliphatic rings. The number of fused-ring (bicyclic) bond motifs is 1. The molecule has 0 unspecified atom stereocenters. The summed E-state index contributed by atoms with van der Waals surface area (Å²) in [5, 5.41) is 0. The van der Waals surface area contributed by atoms with Gasteiger partial charge in [0, 0.05) is 17.8 Å². The number of esters is 1. The second kappa shape index (κ2) is 5.31. The lowest BCUT2D eigenvalue weighted by Gasteiger charge is -1.99. The molecule has 0 fully saturated rings. The highest BCUT2D eigenvalue weighted by Crippen LogP contribution is 2.18. The number of halogens is 1. The molecule has 1 aromatic heterocycles. The molecule has 0 amide bonds. The molecule has 1 N–H and O–H groups in total. The van der Waals surface area contributed by atoms with Crippen LogP contribution in [0, 0.1) is 0 Å². The Morgan fingerprint density at radius 3 is 3.12 bits per heavy atom. The minimum atomic E-state index is -0.237. The Morgan fingerprint density at radius 1 is 1.53 bits per heavy atom. The maximum atomic E-state index is 10.6. The Hall–Kier alpha value is -1.36. The van der Waals surface area contributed by atoms with Crippen LogP contribution in [0.5, 0.6) is 0 Å². The summed E-state index contributed by atoms with van der Waals surface area (Å²) in [6, 6.07) is 5.93. The van der Waals surface area contributed by atoms with Crippen molar-refractivity contribution in [3.8, 4) is 0 Å². The third-order valence-electron chi connectivity index (χ3n) is 2.36. The number of benzene rings is 1. The van der Waals surface area contributed by atoms with E-state index in [-0.39, 0.29) is 5.97 Å². The number of imidazole rings is 1. The first-order valence-corrected chi connectivity index (χ1v) is 6.22. The van der Waals surface area contributed by atoms with Crippen molar-refractivity contribution in [3.05, 3.63) is 28.5 Å². The van der Waals surface area contributed by atoms with Gasteiger partial charge in [-0.1, -0.05) is 15.9 Å². The van der Waals surface area contributed by atoms with E-state index in [9.17, 15) is 4.79 Å². The van der Waals surface area contributed by atoms with E-state index in [1.54, 1.807) is 0 Å². The zero-order chi connectivity index (χ0) is 12.3. The Kier molecular flexibility index (Phi) is 3.78. The van der Waals surface area contributed by atoms with Crippen LogP contribution in [0.2, 0.25) is 0 Å². The number of carbonyl (C=O) groups excluding carboxylic acids is 1. The molecule has 90 valence electrons. The predicted molar refractivity (Wildman–Crippen MR) is 68.7 cm³/mol. The van der Waals surface area contributed by atoms with E-state index in [1.807, 2.05) is 18.2 Å². The standard InChI is InChI=1S/C12H13BrN2O2/c1-8(16)17-6-2-3-12-14-10-5-4-9(13)7-11(10)15-12/h4-5,7H,2-3,6H2,1H3,(H,14,15). The third-order valence-corrected chi connectivity index (χ3v) is 2.85. The smallest absolute Gasteiger partial charge is 0.302 e. The summed E-state index contributed by atoms with van der Waals surface area (Å²) < 4.78 is 5.90. The van der Waals surface area contributed by atoms with Crippen molar-refractivity contribution in [2.75, 3.05) is 6.61 Å². The molecule has 0 bridgehead atoms. The Balaban J connectivity index is 1.97. The predicted octanol–water partition coefficient (Wildman–Crippen LogP) is 2.82. The lowest BCUT2D eigenvalue weighted by atomic mass is 10.3. The van der Waals surface area contributed by atoms with Gasteiger partial charge in [-0.05, 0) is 24.6 Å². The molecule has 2 aromatic rings. The number of nitrogens with zero attached hydrogens (tertiary/aromatic N) is 1. The van der Waals surface area contributed by atoms with Crippen molar-refractivity contribution in [1.82, 2.24) is 9.97 Å². The Bertz CT molecular complexity index is 536. The molecular formula is C12H13BrN2O2. The van der Waals surface area contributed by atoms with E-state index in [0.29, 0.717) is 6.61 Å². The van der Waals surface area contributed by atoms with Crippen LogP contribution in [0.4, 0.5) is 0 Å². The molecule has 17 heavy (non-hydrogen) atoms. The number of aryl methyl sites for hydroxylation is 1. The van der Waals surface area contributed by atoms with Crippen LogP contribution in [0.3, 0.4) is 0 Å². The third kappa shape index (κ3) is 3.30. The number of H-pyrrole nitrogens is 1. The van der Waals surface area contributed by atoms with E-state index >= 15 is 0 Å². The molecule has 1 heterocycles. The van der Waals surface area contributed by atoms with Crippen LogP contribution in [-0.2, 0) is 16.0 Å². The first-order chi connectivity index (χ1) is 8.15. The van der Waals surface area contributed by atoms with Crippen LogP contribution in [0.15, 0.2) is 22.7 Å². The van der Waals surface area contributed by atoms with Gasteiger partial charge in [-0.25, -0.2) is 4.98 Å². The van der Waals surface area contributed by atoms with Crippen LogP contribution in [-0.4, -0.2) is 22.5 Å². The van der Waals surface area contributed by atoms with Gasteiger partial charge in [0.05, 0.1) is 17.6 Å². The largest absolute Gasteiger partial charge is 0.466 e. The van der Waals surface area contributed by atoms with Crippen molar-refractivity contribution in [2.45, 2.75) is 19.8 Å². The summed E-state index contributed by atoms with van der Waals surface area (Å²) in [5.74, 6) is 0.684. The van der Waals surface area contributed by atoms with E-state index in [0.717, 1.165) is 34.2 Å². The number of aromatic amines is 1. The molecule has 4 nitrogen and oxygen atoms in total. The van der Waals surface area contributed by atoms with Gasteiger partial charge in [0.15, 0.2) is 0 Å². The van der Waals surface area contributed by atoms with Crippen LogP contribution < -0.4 is 0 Å². The SMILES string of the molecule is CC(=O)OCCCc1nc2ccc(Br)cc2[nH]1. The highest BCUT2D eigenvalue weighted by molar-refractivity contribution is 9.10. The number of ether oxygens (including phenoxy) is 1. The molecule has 0 aliphatic carbocycles. The summed E-state index contributed by atoms with van der Waals surface area (Å²) in [7, 11) is 0. The fourth-order valence-electron chi connectivity index (χ4n) is 1.61. The number of hydrogen-bond acceptors (Lipinski definition) is 3. The van der Waals surface area contributed by atoms with Gasteiger partial charge < -0.3 is 9.72 Å². The normalized spacial score (nSPS) is 10.7. The van der Waals surface area contributed by atoms with Gasteiger partial charge in [0.25, 0.3) is 0 Å². The van der Waals surface area contributed by atoms with Crippen molar-refractivity contribution >= 4 is 32.9 Å². The minimum absolute atomic E-state index is 0.237. The summed E-state index contributed by atoms with van der Waals surface area (Å²) in [5.41, 5.74) is 1.97. The molecule has 2 rings (SSSR count). The highest BCUT2D eigenvalue weighted by Gasteiger charge is 2.03. The van der Waals surface area contributed by atoms with Crippen LogP contribution in [0.1, 0.15) is 19.2 Å². The Morgan fingerprint density at radius 2 is 2.35 bits per heavy atom. The second-order valence-electron chi connectivity index (χ2n) is 3.79. The maximum absolute atomic E-state index is 10.6. The van der Waals surface area contributed by atoms with Crippen molar-refractivity contribution in [3.63, 3.8) is 0 Å². The Labute approximate surface area is 108 Å². The van der Waals surface area contributed by atoms with Gasteiger partial charge in [-0.3, -0.25) is 4.79 Å². The zero-order valence-corrected chi connectivity index (χ0v) is 11.1. The van der Waals surface area contributed by atoms with E-state index < -0.39 is 0 Å². The molecule has 0 aliphatic heterocycles. The monoisotopic (exact) mass is 296 g/mol. The first kappa shape index (κ1) is 12.1. The quantitative estimate of drug-likeness (QED) is 0.697. The average Bonchev–Trinajstić information content (AvgIpc) is 2.66. The zero-order valence-electron chi connectivity index (χ0n) is 9.50. The van der Waals surface area contributed by atoms with Crippen molar-refractivity contribution < 1.29 is 9.53 Å². The molecule has 0 atom stereocenters.